The number of aryl methyl sites for hydroxylation is 1. The van der Waals surface area contributed by atoms with E-state index in [4.69, 9.17) is 14.2 Å². The Morgan fingerprint density at radius 1 is 1.11 bits per heavy atom. The van der Waals surface area contributed by atoms with Crippen molar-refractivity contribution in [1.29, 1.82) is 0 Å². The molecule has 8 heteroatoms. The molecule has 0 atom stereocenters. The number of esters is 1. The minimum Gasteiger partial charge on any atom is -0.490 e. The zero-order chi connectivity index (χ0) is 19.2. The van der Waals surface area contributed by atoms with Crippen LogP contribution in [0.2, 0.25) is 0 Å². The number of rotatable bonds is 6. The van der Waals surface area contributed by atoms with Crippen LogP contribution in [-0.2, 0) is 9.53 Å². The van der Waals surface area contributed by atoms with Crippen LogP contribution >= 0.6 is 11.3 Å². The second-order valence-electron chi connectivity index (χ2n) is 5.89. The predicted octanol–water partition coefficient (Wildman–Crippen LogP) is 2.37. The molecule has 1 N–H and O–H groups in total. The van der Waals surface area contributed by atoms with Crippen molar-refractivity contribution in [2.45, 2.75) is 13.3 Å². The van der Waals surface area contributed by atoms with Gasteiger partial charge in [-0.15, -0.1) is 11.3 Å². The van der Waals surface area contributed by atoms with Crippen LogP contribution in [0.5, 0.6) is 11.5 Å². The molecule has 0 unspecified atom stereocenters. The minimum absolute atomic E-state index is 0.301. The molecule has 2 aromatic rings. The first kappa shape index (κ1) is 18.9. The van der Waals surface area contributed by atoms with E-state index in [-0.39, 0.29) is 18.2 Å². The van der Waals surface area contributed by atoms with Gasteiger partial charge in [-0.1, -0.05) is 0 Å². The molecule has 0 radical (unpaired) electrons. The lowest BCUT2D eigenvalue weighted by Gasteiger charge is -2.09. The lowest BCUT2D eigenvalue weighted by atomic mass is 10.1. The summed E-state index contributed by atoms with van der Waals surface area (Å²) < 4.78 is 16.0. The quantitative estimate of drug-likeness (QED) is 0.603. The van der Waals surface area contributed by atoms with Crippen molar-refractivity contribution in [2.75, 3.05) is 26.4 Å². The van der Waals surface area contributed by atoms with Crippen molar-refractivity contribution in [3.05, 3.63) is 45.6 Å². The Labute approximate surface area is 160 Å². The van der Waals surface area contributed by atoms with Crippen LogP contribution in [0.25, 0.3) is 0 Å². The van der Waals surface area contributed by atoms with Crippen molar-refractivity contribution in [1.82, 2.24) is 5.32 Å². The largest absolute Gasteiger partial charge is 0.490 e. The second kappa shape index (κ2) is 8.68. The molecule has 1 aromatic heterocycles. The molecule has 1 aliphatic rings. The zero-order valence-corrected chi connectivity index (χ0v) is 15.6. The standard InChI is InChI=1S/C19H19NO6S/c1-12-3-6-17(27-12)19(23)20-10-18(22)26-11-14(21)13-4-5-15-16(9-13)25-8-2-7-24-15/h3-6,9H,2,7-8,10-11H2,1H3,(H,20,23). The highest BCUT2D eigenvalue weighted by molar-refractivity contribution is 7.13. The van der Waals surface area contributed by atoms with E-state index in [0.29, 0.717) is 35.2 Å². The molecule has 142 valence electrons. The highest BCUT2D eigenvalue weighted by atomic mass is 32.1. The van der Waals surface area contributed by atoms with E-state index in [1.807, 2.05) is 13.0 Å². The van der Waals surface area contributed by atoms with Crippen LogP contribution in [-0.4, -0.2) is 44.0 Å². The molecule has 1 amide bonds. The van der Waals surface area contributed by atoms with Crippen molar-refractivity contribution in [2.24, 2.45) is 0 Å². The number of carbonyl (C=O) groups excluding carboxylic acids is 3. The fourth-order valence-corrected chi connectivity index (χ4v) is 3.20. The molecule has 0 saturated heterocycles. The first-order valence-corrected chi connectivity index (χ1v) is 9.27. The minimum atomic E-state index is -0.681. The maximum Gasteiger partial charge on any atom is 0.325 e. The predicted molar refractivity (Wildman–Crippen MR) is 98.7 cm³/mol. The van der Waals surface area contributed by atoms with Crippen molar-refractivity contribution in [3.63, 3.8) is 0 Å². The van der Waals surface area contributed by atoms with E-state index in [9.17, 15) is 14.4 Å². The van der Waals surface area contributed by atoms with Gasteiger partial charge in [-0.3, -0.25) is 14.4 Å². The maximum absolute atomic E-state index is 12.2. The van der Waals surface area contributed by atoms with Gasteiger partial charge in [0.25, 0.3) is 5.91 Å². The summed E-state index contributed by atoms with van der Waals surface area (Å²) in [4.78, 5) is 37.4. The third-order valence-corrected chi connectivity index (χ3v) is 4.79. The van der Waals surface area contributed by atoms with E-state index >= 15 is 0 Å². The number of hydrogen-bond acceptors (Lipinski definition) is 7. The Kier molecular flexibility index (Phi) is 6.08. The van der Waals surface area contributed by atoms with Gasteiger partial charge in [-0.05, 0) is 37.3 Å². The third kappa shape index (κ3) is 5.07. The Balaban J connectivity index is 1.48. The maximum atomic E-state index is 12.2. The van der Waals surface area contributed by atoms with Gasteiger partial charge in [0.15, 0.2) is 23.9 Å². The van der Waals surface area contributed by atoms with Crippen molar-refractivity contribution >= 4 is 29.0 Å². The van der Waals surface area contributed by atoms with Gasteiger partial charge in [0.05, 0.1) is 18.1 Å². The number of thiophene rings is 1. The number of carbonyl (C=O) groups is 3. The van der Waals surface area contributed by atoms with Gasteiger partial charge in [-0.25, -0.2) is 0 Å². The Hall–Kier alpha value is -2.87. The van der Waals surface area contributed by atoms with E-state index in [1.54, 1.807) is 24.3 Å². The van der Waals surface area contributed by atoms with E-state index in [0.717, 1.165) is 11.3 Å². The lowest BCUT2D eigenvalue weighted by molar-refractivity contribution is -0.141. The fourth-order valence-electron chi connectivity index (χ4n) is 2.41. The van der Waals surface area contributed by atoms with Crippen LogP contribution in [0.1, 0.15) is 31.3 Å². The van der Waals surface area contributed by atoms with Crippen LogP contribution in [0.3, 0.4) is 0 Å². The van der Waals surface area contributed by atoms with Crippen LogP contribution in [0.4, 0.5) is 0 Å². The van der Waals surface area contributed by atoms with Crippen LogP contribution in [0.15, 0.2) is 30.3 Å². The summed E-state index contributed by atoms with van der Waals surface area (Å²) in [5, 5.41) is 2.47. The molecule has 27 heavy (non-hydrogen) atoms. The first-order chi connectivity index (χ1) is 13.0. The van der Waals surface area contributed by atoms with Crippen LogP contribution in [0, 0.1) is 6.92 Å². The summed E-state index contributed by atoms with van der Waals surface area (Å²) in [6, 6.07) is 8.36. The average molecular weight is 389 g/mol. The number of amides is 1. The van der Waals surface area contributed by atoms with Gasteiger partial charge in [0, 0.05) is 16.9 Å². The van der Waals surface area contributed by atoms with Crippen molar-refractivity contribution < 1.29 is 28.6 Å². The molecular weight excluding hydrogens is 370 g/mol. The number of nitrogens with one attached hydrogen (secondary N) is 1. The van der Waals surface area contributed by atoms with Crippen LogP contribution < -0.4 is 14.8 Å². The highest BCUT2D eigenvalue weighted by Crippen LogP contribution is 2.30. The molecule has 0 bridgehead atoms. The summed E-state index contributed by atoms with van der Waals surface area (Å²) in [5.74, 6) is -0.298. The lowest BCUT2D eigenvalue weighted by Crippen LogP contribution is -2.31. The second-order valence-corrected chi connectivity index (χ2v) is 7.18. The SMILES string of the molecule is Cc1ccc(C(=O)NCC(=O)OCC(=O)c2ccc3c(c2)OCCCO3)s1. The summed E-state index contributed by atoms with van der Waals surface area (Å²) in [7, 11) is 0. The number of ether oxygens (including phenoxy) is 3. The highest BCUT2D eigenvalue weighted by Gasteiger charge is 2.16. The summed E-state index contributed by atoms with van der Waals surface area (Å²) in [6.07, 6.45) is 0.770. The third-order valence-electron chi connectivity index (χ3n) is 3.79. The molecule has 7 nitrogen and oxygen atoms in total. The first-order valence-electron chi connectivity index (χ1n) is 8.46. The average Bonchev–Trinajstić information content (AvgIpc) is 2.97. The Morgan fingerprint density at radius 3 is 2.63 bits per heavy atom. The monoisotopic (exact) mass is 389 g/mol. The number of fused-ring (bicyclic) bond motifs is 1. The van der Waals surface area contributed by atoms with Gasteiger partial charge in [-0.2, -0.15) is 0 Å². The summed E-state index contributed by atoms with van der Waals surface area (Å²) in [6.45, 7) is 2.26. The van der Waals surface area contributed by atoms with E-state index in [1.165, 1.54) is 11.3 Å². The Morgan fingerprint density at radius 2 is 1.89 bits per heavy atom. The number of ketones is 1. The smallest absolute Gasteiger partial charge is 0.325 e. The molecule has 0 aliphatic carbocycles. The molecule has 1 aliphatic heterocycles. The normalized spacial score (nSPS) is 12.8. The van der Waals surface area contributed by atoms with Gasteiger partial charge < -0.3 is 19.5 Å². The molecular formula is C19H19NO6S. The molecule has 0 saturated carbocycles. The molecule has 2 heterocycles. The Bertz CT molecular complexity index is 860. The van der Waals surface area contributed by atoms with E-state index < -0.39 is 12.6 Å². The number of hydrogen-bond donors (Lipinski definition) is 1. The van der Waals surface area contributed by atoms with Gasteiger partial charge in [0.2, 0.25) is 0 Å². The molecule has 0 fully saturated rings. The van der Waals surface area contributed by atoms with E-state index in [2.05, 4.69) is 5.32 Å². The number of benzene rings is 1. The zero-order valence-electron chi connectivity index (χ0n) is 14.8. The molecule has 1 aromatic carbocycles. The summed E-state index contributed by atoms with van der Waals surface area (Å²) >= 11 is 1.34. The molecule has 0 spiro atoms. The van der Waals surface area contributed by atoms with Gasteiger partial charge >= 0.3 is 5.97 Å². The molecule has 3 rings (SSSR count). The van der Waals surface area contributed by atoms with Crippen molar-refractivity contribution in [3.8, 4) is 11.5 Å². The summed E-state index contributed by atoms with van der Waals surface area (Å²) in [5.41, 5.74) is 0.366. The topological polar surface area (TPSA) is 90.9 Å². The van der Waals surface area contributed by atoms with Gasteiger partial charge in [0.1, 0.15) is 6.54 Å². The fraction of sp³-hybridized carbons (Fsp3) is 0.316. The number of Topliss-reactive ketones (excluding diaryl/α,β-unsaturated/α-hetero) is 1.